The highest BCUT2D eigenvalue weighted by Gasteiger charge is 2.12. The van der Waals surface area contributed by atoms with Crippen LogP contribution in [0.5, 0.6) is 0 Å². The highest BCUT2D eigenvalue weighted by atomic mass is 16.6. The smallest absolute Gasteiger partial charge is 0.276 e. The molecule has 1 rings (SSSR count). The molecule has 6 nitrogen and oxygen atoms in total. The fourth-order valence-corrected chi connectivity index (χ4v) is 1.49. The van der Waals surface area contributed by atoms with Crippen LogP contribution in [0.2, 0.25) is 0 Å². The standard InChI is InChI=1S/C13H22N4O2/c1-5-14-12-6-11(17(18)19)7-13(16-12)15-8-10(4)9(2)3/h6-7,9-10H,5,8H2,1-4H3,(H2,14,15,16). The molecule has 1 atom stereocenters. The summed E-state index contributed by atoms with van der Waals surface area (Å²) in [6.45, 7) is 9.79. The Morgan fingerprint density at radius 2 is 1.84 bits per heavy atom. The third kappa shape index (κ3) is 4.73. The number of nitro groups is 1. The molecule has 0 aliphatic carbocycles. The molecule has 1 unspecified atom stereocenters. The van der Waals surface area contributed by atoms with Gasteiger partial charge in [0.15, 0.2) is 0 Å². The zero-order chi connectivity index (χ0) is 14.4. The third-order valence-electron chi connectivity index (χ3n) is 3.12. The molecule has 0 saturated heterocycles. The monoisotopic (exact) mass is 266 g/mol. The fraction of sp³-hybridized carbons (Fsp3) is 0.615. The molecule has 1 heterocycles. The minimum atomic E-state index is -0.403. The van der Waals surface area contributed by atoms with Crippen molar-refractivity contribution < 1.29 is 4.92 Å². The van der Waals surface area contributed by atoms with Gasteiger partial charge in [0.1, 0.15) is 11.6 Å². The van der Waals surface area contributed by atoms with E-state index in [4.69, 9.17) is 0 Å². The molecule has 106 valence electrons. The Balaban J connectivity index is 2.84. The van der Waals surface area contributed by atoms with Crippen molar-refractivity contribution in [1.29, 1.82) is 0 Å². The van der Waals surface area contributed by atoms with Crippen LogP contribution in [0.15, 0.2) is 12.1 Å². The van der Waals surface area contributed by atoms with Gasteiger partial charge in [-0.1, -0.05) is 20.8 Å². The van der Waals surface area contributed by atoms with Crippen molar-refractivity contribution >= 4 is 17.3 Å². The van der Waals surface area contributed by atoms with Crippen molar-refractivity contribution in [1.82, 2.24) is 4.98 Å². The van der Waals surface area contributed by atoms with Gasteiger partial charge in [-0.2, -0.15) is 0 Å². The van der Waals surface area contributed by atoms with Crippen molar-refractivity contribution in [3.8, 4) is 0 Å². The average Bonchev–Trinajstić information content (AvgIpc) is 2.35. The molecule has 1 aromatic heterocycles. The Bertz CT molecular complexity index is 435. The maximum atomic E-state index is 10.9. The van der Waals surface area contributed by atoms with Crippen LogP contribution in [0.1, 0.15) is 27.7 Å². The number of hydrogen-bond donors (Lipinski definition) is 2. The minimum absolute atomic E-state index is 0.0469. The van der Waals surface area contributed by atoms with Gasteiger partial charge in [0.25, 0.3) is 5.69 Å². The predicted octanol–water partition coefficient (Wildman–Crippen LogP) is 3.13. The number of nitrogens with zero attached hydrogens (tertiary/aromatic N) is 2. The van der Waals surface area contributed by atoms with E-state index in [0.717, 1.165) is 6.54 Å². The first-order valence-electron chi connectivity index (χ1n) is 6.58. The van der Waals surface area contributed by atoms with E-state index in [-0.39, 0.29) is 5.69 Å². The lowest BCUT2D eigenvalue weighted by atomic mass is 9.98. The van der Waals surface area contributed by atoms with Gasteiger partial charge in [-0.15, -0.1) is 0 Å². The van der Waals surface area contributed by atoms with Crippen molar-refractivity contribution in [2.45, 2.75) is 27.7 Å². The van der Waals surface area contributed by atoms with E-state index in [2.05, 4.69) is 36.4 Å². The first kappa shape index (κ1) is 15.2. The van der Waals surface area contributed by atoms with Crippen molar-refractivity contribution in [3.63, 3.8) is 0 Å². The highest BCUT2D eigenvalue weighted by molar-refractivity contribution is 5.54. The zero-order valence-corrected chi connectivity index (χ0v) is 11.9. The summed E-state index contributed by atoms with van der Waals surface area (Å²) in [7, 11) is 0. The topological polar surface area (TPSA) is 80.1 Å². The van der Waals surface area contributed by atoms with E-state index < -0.39 is 4.92 Å². The second-order valence-corrected chi connectivity index (χ2v) is 4.99. The first-order chi connectivity index (χ1) is 8.93. The van der Waals surface area contributed by atoms with Gasteiger partial charge in [-0.25, -0.2) is 4.98 Å². The van der Waals surface area contributed by atoms with E-state index in [1.165, 1.54) is 12.1 Å². The molecule has 19 heavy (non-hydrogen) atoms. The summed E-state index contributed by atoms with van der Waals surface area (Å²) < 4.78 is 0. The SMILES string of the molecule is CCNc1cc([N+](=O)[O-])cc(NCC(C)C(C)C)n1. The summed E-state index contributed by atoms with van der Waals surface area (Å²) in [5.74, 6) is 2.09. The Labute approximate surface area is 113 Å². The van der Waals surface area contributed by atoms with Crippen molar-refractivity contribution in [2.24, 2.45) is 11.8 Å². The maximum Gasteiger partial charge on any atom is 0.276 e. The third-order valence-corrected chi connectivity index (χ3v) is 3.12. The molecule has 0 fully saturated rings. The summed E-state index contributed by atoms with van der Waals surface area (Å²) in [5.41, 5.74) is 0.0469. The van der Waals surface area contributed by atoms with E-state index in [1.54, 1.807) is 0 Å². The molecular formula is C13H22N4O2. The molecule has 1 aromatic rings. The molecule has 0 aliphatic heterocycles. The van der Waals surface area contributed by atoms with Crippen LogP contribution in [0.4, 0.5) is 17.3 Å². The van der Waals surface area contributed by atoms with E-state index in [1.807, 2.05) is 6.92 Å². The molecule has 0 aromatic carbocycles. The van der Waals surface area contributed by atoms with Gasteiger partial charge in [-0.3, -0.25) is 10.1 Å². The minimum Gasteiger partial charge on any atom is -0.370 e. The van der Waals surface area contributed by atoms with Crippen LogP contribution in [-0.4, -0.2) is 23.0 Å². The summed E-state index contributed by atoms with van der Waals surface area (Å²) >= 11 is 0. The molecule has 0 amide bonds. The summed E-state index contributed by atoms with van der Waals surface area (Å²) in [5, 5.41) is 17.0. The summed E-state index contributed by atoms with van der Waals surface area (Å²) in [4.78, 5) is 14.8. The van der Waals surface area contributed by atoms with Crippen LogP contribution in [-0.2, 0) is 0 Å². The molecule has 0 radical (unpaired) electrons. The van der Waals surface area contributed by atoms with Gasteiger partial charge >= 0.3 is 0 Å². The molecule has 0 spiro atoms. The van der Waals surface area contributed by atoms with Gasteiger partial charge < -0.3 is 10.6 Å². The number of rotatable bonds is 7. The molecule has 6 heteroatoms. The lowest BCUT2D eigenvalue weighted by Crippen LogP contribution is -2.17. The van der Waals surface area contributed by atoms with Gasteiger partial charge in [0.2, 0.25) is 0 Å². The van der Waals surface area contributed by atoms with E-state index >= 15 is 0 Å². The summed E-state index contributed by atoms with van der Waals surface area (Å²) in [6.07, 6.45) is 0. The molecule has 0 bridgehead atoms. The fourth-order valence-electron chi connectivity index (χ4n) is 1.49. The van der Waals surface area contributed by atoms with Gasteiger partial charge in [-0.05, 0) is 18.8 Å². The Hall–Kier alpha value is -1.85. The number of hydrogen-bond acceptors (Lipinski definition) is 5. The Morgan fingerprint density at radius 3 is 2.32 bits per heavy atom. The van der Waals surface area contributed by atoms with Crippen LogP contribution >= 0.6 is 0 Å². The Kier molecular flexibility index (Phi) is 5.54. The van der Waals surface area contributed by atoms with Crippen LogP contribution in [0.25, 0.3) is 0 Å². The number of anilines is 2. The van der Waals surface area contributed by atoms with Gasteiger partial charge in [0, 0.05) is 13.1 Å². The first-order valence-corrected chi connectivity index (χ1v) is 6.58. The van der Waals surface area contributed by atoms with Gasteiger partial charge in [0.05, 0.1) is 17.1 Å². The Morgan fingerprint density at radius 1 is 1.26 bits per heavy atom. The number of aromatic nitrogens is 1. The largest absolute Gasteiger partial charge is 0.370 e. The normalized spacial score (nSPS) is 12.3. The lowest BCUT2D eigenvalue weighted by Gasteiger charge is -2.16. The highest BCUT2D eigenvalue weighted by Crippen LogP contribution is 2.21. The molecular weight excluding hydrogens is 244 g/mol. The van der Waals surface area contributed by atoms with Crippen LogP contribution in [0, 0.1) is 22.0 Å². The molecule has 0 saturated carbocycles. The van der Waals surface area contributed by atoms with E-state index in [9.17, 15) is 10.1 Å². The second kappa shape index (κ2) is 6.92. The predicted molar refractivity (Wildman–Crippen MR) is 77.5 cm³/mol. The summed E-state index contributed by atoms with van der Waals surface area (Å²) in [6, 6.07) is 2.91. The second-order valence-electron chi connectivity index (χ2n) is 4.99. The molecule has 2 N–H and O–H groups in total. The van der Waals surface area contributed by atoms with Crippen LogP contribution in [0.3, 0.4) is 0 Å². The average molecular weight is 266 g/mol. The maximum absolute atomic E-state index is 10.9. The van der Waals surface area contributed by atoms with E-state index in [0.29, 0.717) is 30.0 Å². The quantitative estimate of drug-likeness (QED) is 0.585. The van der Waals surface area contributed by atoms with Crippen molar-refractivity contribution in [2.75, 3.05) is 23.7 Å². The van der Waals surface area contributed by atoms with Crippen LogP contribution < -0.4 is 10.6 Å². The lowest BCUT2D eigenvalue weighted by molar-refractivity contribution is -0.384. The number of nitrogens with one attached hydrogen (secondary N) is 2. The zero-order valence-electron chi connectivity index (χ0n) is 11.9. The molecule has 0 aliphatic rings. The number of pyridine rings is 1. The van der Waals surface area contributed by atoms with Crippen molar-refractivity contribution in [3.05, 3.63) is 22.2 Å².